The Kier molecular flexibility index (Phi) is 4.65. The van der Waals surface area contributed by atoms with E-state index in [2.05, 4.69) is 20.5 Å². The highest BCUT2D eigenvalue weighted by Gasteiger charge is 2.26. The van der Waals surface area contributed by atoms with E-state index in [1.807, 2.05) is 0 Å². The summed E-state index contributed by atoms with van der Waals surface area (Å²) in [5.74, 6) is -0.577. The van der Waals surface area contributed by atoms with Gasteiger partial charge in [-0.25, -0.2) is 9.48 Å². The number of ether oxygens (including phenoxy) is 1. The number of esters is 1. The van der Waals surface area contributed by atoms with Crippen molar-refractivity contribution in [1.82, 2.24) is 25.2 Å². The maximum atomic E-state index is 12.6. The van der Waals surface area contributed by atoms with Gasteiger partial charge in [-0.15, -0.1) is 5.10 Å². The molecule has 8 nitrogen and oxygen atoms in total. The molecule has 0 aliphatic rings. The van der Waals surface area contributed by atoms with Gasteiger partial charge in [0, 0.05) is 12.7 Å². The van der Waals surface area contributed by atoms with Crippen LogP contribution in [0.5, 0.6) is 0 Å². The number of H-pyrrole nitrogens is 1. The van der Waals surface area contributed by atoms with Crippen LogP contribution in [-0.4, -0.2) is 49.3 Å². The molecule has 118 valence electrons. The molecule has 2 aromatic heterocycles. The number of aryl methyl sites for hydroxylation is 2. The van der Waals surface area contributed by atoms with Gasteiger partial charge in [0.15, 0.2) is 5.78 Å². The van der Waals surface area contributed by atoms with Crippen molar-refractivity contribution in [3.63, 3.8) is 0 Å². The van der Waals surface area contributed by atoms with Gasteiger partial charge in [0.2, 0.25) is 5.16 Å². The topological polar surface area (TPSA) is 103 Å². The normalized spacial score (nSPS) is 12.2. The van der Waals surface area contributed by atoms with E-state index < -0.39 is 11.2 Å². The van der Waals surface area contributed by atoms with Crippen molar-refractivity contribution in [1.29, 1.82) is 0 Å². The number of aromatic amines is 1. The molecule has 2 heterocycles. The molecule has 0 saturated carbocycles. The Morgan fingerprint density at radius 2 is 2.05 bits per heavy atom. The number of hydrogen-bond donors (Lipinski definition) is 1. The molecule has 0 amide bonds. The van der Waals surface area contributed by atoms with Gasteiger partial charge >= 0.3 is 5.97 Å². The Labute approximate surface area is 131 Å². The molecule has 0 aliphatic heterocycles. The Hall–Kier alpha value is -2.16. The number of carbonyl (C=O) groups excluding carboxylic acids is 2. The third-order valence-electron chi connectivity index (χ3n) is 3.31. The van der Waals surface area contributed by atoms with Gasteiger partial charge in [-0.05, 0) is 36.8 Å². The summed E-state index contributed by atoms with van der Waals surface area (Å²) in [7, 11) is 3.02. The van der Waals surface area contributed by atoms with E-state index in [-0.39, 0.29) is 5.78 Å². The largest absolute Gasteiger partial charge is 0.465 e. The molecule has 0 spiro atoms. The SMILES string of the molecule is COC(=O)c1c(C)[nH]c(C(=O)[C@@H](C)Sc2nnnn2C)c1C. The van der Waals surface area contributed by atoms with Crippen molar-refractivity contribution in [3.05, 3.63) is 22.5 Å². The Balaban J connectivity index is 2.26. The molecule has 2 aromatic rings. The maximum Gasteiger partial charge on any atom is 0.339 e. The smallest absolute Gasteiger partial charge is 0.339 e. The molecule has 9 heteroatoms. The second-order valence-corrected chi connectivity index (χ2v) is 6.13. The van der Waals surface area contributed by atoms with Gasteiger partial charge in [0.25, 0.3) is 0 Å². The van der Waals surface area contributed by atoms with Crippen molar-refractivity contribution in [2.45, 2.75) is 31.2 Å². The van der Waals surface area contributed by atoms with Crippen LogP contribution in [-0.2, 0) is 11.8 Å². The predicted molar refractivity (Wildman–Crippen MR) is 80.1 cm³/mol. The molecule has 0 saturated heterocycles. The minimum atomic E-state index is -0.455. The standard InChI is InChI=1S/C13H17N5O3S/c1-6-9(12(20)21-5)7(2)14-10(6)11(19)8(3)22-13-15-16-17-18(13)4/h8,14H,1-5H3/t8-/m1/s1. The zero-order valence-electron chi connectivity index (χ0n) is 13.0. The molecule has 1 atom stereocenters. The van der Waals surface area contributed by atoms with Crippen LogP contribution >= 0.6 is 11.8 Å². The lowest BCUT2D eigenvalue weighted by molar-refractivity contribution is 0.0599. The van der Waals surface area contributed by atoms with Crippen LogP contribution in [0.1, 0.15) is 39.0 Å². The van der Waals surface area contributed by atoms with Gasteiger partial charge in [-0.1, -0.05) is 11.8 Å². The van der Waals surface area contributed by atoms with Crippen LogP contribution in [0.15, 0.2) is 5.16 Å². The van der Waals surface area contributed by atoms with E-state index in [0.29, 0.717) is 27.7 Å². The minimum absolute atomic E-state index is 0.122. The molecule has 0 aromatic carbocycles. The number of thioether (sulfide) groups is 1. The zero-order valence-corrected chi connectivity index (χ0v) is 13.8. The predicted octanol–water partition coefficient (Wildman–Crippen LogP) is 1.31. The van der Waals surface area contributed by atoms with Gasteiger partial charge in [0.1, 0.15) is 0 Å². The number of nitrogens with one attached hydrogen (secondary N) is 1. The van der Waals surface area contributed by atoms with Crippen molar-refractivity contribution in [2.75, 3.05) is 7.11 Å². The molecule has 0 unspecified atom stereocenters. The summed E-state index contributed by atoms with van der Waals surface area (Å²) < 4.78 is 6.25. The molecular formula is C13H17N5O3S. The second-order valence-electron chi connectivity index (χ2n) is 4.83. The van der Waals surface area contributed by atoms with E-state index in [0.717, 1.165) is 0 Å². The summed E-state index contributed by atoms with van der Waals surface area (Å²) in [6.45, 7) is 5.24. The first-order valence-electron chi connectivity index (χ1n) is 6.57. The fraction of sp³-hybridized carbons (Fsp3) is 0.462. The van der Waals surface area contributed by atoms with E-state index in [4.69, 9.17) is 4.74 Å². The first kappa shape index (κ1) is 16.2. The average molecular weight is 323 g/mol. The van der Waals surface area contributed by atoms with Crippen LogP contribution < -0.4 is 0 Å². The molecule has 0 radical (unpaired) electrons. The summed E-state index contributed by atoms with van der Waals surface area (Å²) in [5.41, 5.74) is 2.03. The summed E-state index contributed by atoms with van der Waals surface area (Å²) in [6.07, 6.45) is 0. The summed E-state index contributed by atoms with van der Waals surface area (Å²) in [4.78, 5) is 27.4. The van der Waals surface area contributed by atoms with Crippen LogP contribution in [0, 0.1) is 13.8 Å². The average Bonchev–Trinajstić information content (AvgIpc) is 3.01. The van der Waals surface area contributed by atoms with E-state index in [1.165, 1.54) is 23.6 Å². The third kappa shape index (κ3) is 2.89. The Bertz CT molecular complexity index is 721. The first-order chi connectivity index (χ1) is 10.4. The zero-order chi connectivity index (χ0) is 16.4. The summed E-state index contributed by atoms with van der Waals surface area (Å²) in [6, 6.07) is 0. The fourth-order valence-corrected chi connectivity index (χ4v) is 2.95. The van der Waals surface area contributed by atoms with Crippen LogP contribution in [0.4, 0.5) is 0 Å². The molecule has 0 aliphatic carbocycles. The number of Topliss-reactive ketones (excluding diaryl/α,β-unsaturated/α-hetero) is 1. The number of rotatable bonds is 5. The molecule has 0 bridgehead atoms. The van der Waals surface area contributed by atoms with Gasteiger partial charge < -0.3 is 9.72 Å². The maximum absolute atomic E-state index is 12.6. The minimum Gasteiger partial charge on any atom is -0.465 e. The van der Waals surface area contributed by atoms with Crippen LogP contribution in [0.25, 0.3) is 0 Å². The fourth-order valence-electron chi connectivity index (χ4n) is 2.14. The van der Waals surface area contributed by atoms with Gasteiger partial charge in [-0.2, -0.15) is 0 Å². The number of carbonyl (C=O) groups is 2. The van der Waals surface area contributed by atoms with Crippen LogP contribution in [0.3, 0.4) is 0 Å². The lowest BCUT2D eigenvalue weighted by Gasteiger charge is -2.08. The van der Waals surface area contributed by atoms with E-state index in [9.17, 15) is 9.59 Å². The highest BCUT2D eigenvalue weighted by Crippen LogP contribution is 2.26. The van der Waals surface area contributed by atoms with Gasteiger partial charge in [-0.3, -0.25) is 4.79 Å². The van der Waals surface area contributed by atoms with Crippen molar-refractivity contribution in [2.24, 2.45) is 7.05 Å². The number of ketones is 1. The molecular weight excluding hydrogens is 306 g/mol. The first-order valence-corrected chi connectivity index (χ1v) is 7.45. The molecule has 2 rings (SSSR count). The van der Waals surface area contributed by atoms with Gasteiger partial charge in [0.05, 0.1) is 23.6 Å². The van der Waals surface area contributed by atoms with Crippen molar-refractivity contribution >= 4 is 23.5 Å². The van der Waals surface area contributed by atoms with Crippen molar-refractivity contribution in [3.8, 4) is 0 Å². The Morgan fingerprint density at radius 1 is 1.36 bits per heavy atom. The number of methoxy groups -OCH3 is 1. The second kappa shape index (κ2) is 6.30. The lowest BCUT2D eigenvalue weighted by atomic mass is 10.1. The quantitative estimate of drug-likeness (QED) is 0.502. The van der Waals surface area contributed by atoms with Crippen LogP contribution in [0.2, 0.25) is 0 Å². The molecule has 0 fully saturated rings. The highest BCUT2D eigenvalue weighted by atomic mass is 32.2. The molecule has 22 heavy (non-hydrogen) atoms. The number of aromatic nitrogens is 5. The van der Waals surface area contributed by atoms with E-state index in [1.54, 1.807) is 27.8 Å². The monoisotopic (exact) mass is 323 g/mol. The number of nitrogens with zero attached hydrogens (tertiary/aromatic N) is 4. The molecule has 1 N–H and O–H groups in total. The number of tetrazole rings is 1. The van der Waals surface area contributed by atoms with E-state index >= 15 is 0 Å². The van der Waals surface area contributed by atoms with Crippen molar-refractivity contribution < 1.29 is 14.3 Å². The lowest BCUT2D eigenvalue weighted by Crippen LogP contribution is -2.16. The number of hydrogen-bond acceptors (Lipinski definition) is 7. The third-order valence-corrected chi connectivity index (χ3v) is 4.43. The summed E-state index contributed by atoms with van der Waals surface area (Å²) in [5, 5.41) is 11.3. The summed E-state index contributed by atoms with van der Waals surface area (Å²) >= 11 is 1.26. The highest BCUT2D eigenvalue weighted by molar-refractivity contribution is 8.00. The Morgan fingerprint density at radius 3 is 2.59 bits per heavy atom.